The van der Waals surface area contributed by atoms with E-state index in [4.69, 9.17) is 4.74 Å². The fourth-order valence-electron chi connectivity index (χ4n) is 0.943. The van der Waals surface area contributed by atoms with Gasteiger partial charge in [-0.2, -0.15) is 0 Å². The highest BCUT2D eigenvalue weighted by atomic mass is 16.5. The zero-order valence-corrected chi connectivity index (χ0v) is 8.52. The first kappa shape index (κ1) is 10.5. The summed E-state index contributed by atoms with van der Waals surface area (Å²) in [5.41, 5.74) is -0.00649. The minimum absolute atomic E-state index is 0.00649. The van der Waals surface area contributed by atoms with Crippen LogP contribution in [0.3, 0.4) is 0 Å². The second-order valence-corrected chi connectivity index (χ2v) is 4.41. The van der Waals surface area contributed by atoms with Crippen molar-refractivity contribution in [1.29, 1.82) is 0 Å². The van der Waals surface area contributed by atoms with Gasteiger partial charge in [-0.1, -0.05) is 0 Å². The number of ether oxygens (including phenoxy) is 1. The van der Waals surface area contributed by atoms with E-state index in [-0.39, 0.29) is 17.5 Å². The molecule has 4 nitrogen and oxygen atoms in total. The molecule has 13 heavy (non-hydrogen) atoms. The molecule has 0 aromatic heterocycles. The minimum atomic E-state index is -0.00649. The Balaban J connectivity index is 2.10. The van der Waals surface area contributed by atoms with Gasteiger partial charge in [0, 0.05) is 5.54 Å². The highest BCUT2D eigenvalue weighted by Crippen LogP contribution is 2.00. The molecule has 1 aliphatic rings. The van der Waals surface area contributed by atoms with E-state index in [2.05, 4.69) is 10.6 Å². The molecule has 1 aliphatic heterocycles. The molecule has 0 radical (unpaired) electrons. The lowest BCUT2D eigenvalue weighted by Crippen LogP contribution is -2.52. The summed E-state index contributed by atoms with van der Waals surface area (Å²) in [4.78, 5) is 11.3. The number of hydrogen-bond acceptors (Lipinski definition) is 3. The summed E-state index contributed by atoms with van der Waals surface area (Å²) in [5.74, 6) is 0.0447. The predicted molar refractivity (Wildman–Crippen MR) is 50.5 cm³/mol. The Morgan fingerprint density at radius 1 is 1.46 bits per heavy atom. The van der Waals surface area contributed by atoms with E-state index in [0.717, 1.165) is 0 Å². The summed E-state index contributed by atoms with van der Waals surface area (Å²) in [6.07, 6.45) is 0. The van der Waals surface area contributed by atoms with Crippen molar-refractivity contribution in [3.8, 4) is 0 Å². The first-order chi connectivity index (χ1) is 5.97. The number of carbonyl (C=O) groups is 1. The zero-order chi connectivity index (χ0) is 9.90. The van der Waals surface area contributed by atoms with E-state index in [1.54, 1.807) is 0 Å². The van der Waals surface area contributed by atoms with E-state index >= 15 is 0 Å². The van der Waals surface area contributed by atoms with Crippen LogP contribution in [0.2, 0.25) is 0 Å². The Labute approximate surface area is 79.0 Å². The average molecular weight is 186 g/mol. The van der Waals surface area contributed by atoms with Crippen LogP contribution in [-0.4, -0.2) is 37.2 Å². The summed E-state index contributed by atoms with van der Waals surface area (Å²) >= 11 is 0. The molecule has 0 spiro atoms. The van der Waals surface area contributed by atoms with Crippen molar-refractivity contribution in [2.45, 2.75) is 32.4 Å². The van der Waals surface area contributed by atoms with Crippen LogP contribution in [0.1, 0.15) is 20.8 Å². The lowest BCUT2D eigenvalue weighted by molar-refractivity contribution is -0.124. The Bertz CT molecular complexity index is 183. The van der Waals surface area contributed by atoms with Crippen molar-refractivity contribution in [3.63, 3.8) is 0 Å². The molecule has 0 bridgehead atoms. The van der Waals surface area contributed by atoms with Crippen molar-refractivity contribution in [1.82, 2.24) is 10.6 Å². The lowest BCUT2D eigenvalue weighted by atomic mass is 10.1. The van der Waals surface area contributed by atoms with Crippen molar-refractivity contribution < 1.29 is 9.53 Å². The van der Waals surface area contributed by atoms with Gasteiger partial charge >= 0.3 is 0 Å². The van der Waals surface area contributed by atoms with Crippen LogP contribution in [0.15, 0.2) is 0 Å². The molecule has 0 atom stereocenters. The SMILES string of the molecule is CC(C)(C)NCC(=O)NC1COC1. The van der Waals surface area contributed by atoms with E-state index < -0.39 is 0 Å². The van der Waals surface area contributed by atoms with Gasteiger partial charge in [-0.05, 0) is 20.8 Å². The van der Waals surface area contributed by atoms with Crippen molar-refractivity contribution in [3.05, 3.63) is 0 Å². The summed E-state index contributed by atoms with van der Waals surface area (Å²) in [7, 11) is 0. The van der Waals surface area contributed by atoms with Crippen molar-refractivity contribution in [2.24, 2.45) is 0 Å². The van der Waals surface area contributed by atoms with Crippen LogP contribution in [0.5, 0.6) is 0 Å². The molecule has 1 heterocycles. The monoisotopic (exact) mass is 186 g/mol. The smallest absolute Gasteiger partial charge is 0.234 e. The second-order valence-electron chi connectivity index (χ2n) is 4.41. The number of rotatable bonds is 3. The van der Waals surface area contributed by atoms with Crippen LogP contribution in [0, 0.1) is 0 Å². The van der Waals surface area contributed by atoms with Gasteiger partial charge in [-0.15, -0.1) is 0 Å². The summed E-state index contributed by atoms with van der Waals surface area (Å²) < 4.78 is 4.95. The van der Waals surface area contributed by atoms with Gasteiger partial charge in [0.2, 0.25) is 5.91 Å². The maximum absolute atomic E-state index is 11.3. The number of amides is 1. The molecular weight excluding hydrogens is 168 g/mol. The first-order valence-corrected chi connectivity index (χ1v) is 4.59. The van der Waals surface area contributed by atoms with Gasteiger partial charge in [-0.3, -0.25) is 4.79 Å². The molecular formula is C9H18N2O2. The van der Waals surface area contributed by atoms with Gasteiger partial charge in [0.15, 0.2) is 0 Å². The van der Waals surface area contributed by atoms with Gasteiger partial charge in [-0.25, -0.2) is 0 Å². The van der Waals surface area contributed by atoms with Gasteiger partial charge in [0.25, 0.3) is 0 Å². The maximum atomic E-state index is 11.3. The van der Waals surface area contributed by atoms with Crippen LogP contribution in [-0.2, 0) is 9.53 Å². The third-order valence-corrected chi connectivity index (χ3v) is 1.78. The van der Waals surface area contributed by atoms with Gasteiger partial charge in [0.05, 0.1) is 25.8 Å². The molecule has 0 aromatic carbocycles. The number of hydrogen-bond donors (Lipinski definition) is 2. The fraction of sp³-hybridized carbons (Fsp3) is 0.889. The third-order valence-electron chi connectivity index (χ3n) is 1.78. The van der Waals surface area contributed by atoms with E-state index in [1.807, 2.05) is 20.8 Å². The molecule has 4 heteroatoms. The zero-order valence-electron chi connectivity index (χ0n) is 8.52. The van der Waals surface area contributed by atoms with Crippen LogP contribution in [0.25, 0.3) is 0 Å². The highest BCUT2D eigenvalue weighted by molar-refractivity contribution is 5.78. The molecule has 1 saturated heterocycles. The molecule has 76 valence electrons. The fourth-order valence-corrected chi connectivity index (χ4v) is 0.943. The standard InChI is InChI=1S/C9H18N2O2/c1-9(2,3)10-4-8(12)11-7-5-13-6-7/h7,10H,4-6H2,1-3H3,(H,11,12). The number of nitrogens with one attached hydrogen (secondary N) is 2. The first-order valence-electron chi connectivity index (χ1n) is 4.59. The Morgan fingerprint density at radius 2 is 2.08 bits per heavy atom. The highest BCUT2D eigenvalue weighted by Gasteiger charge is 2.20. The topological polar surface area (TPSA) is 50.4 Å². The quantitative estimate of drug-likeness (QED) is 0.646. The van der Waals surface area contributed by atoms with E-state index in [9.17, 15) is 4.79 Å². The molecule has 1 amide bonds. The maximum Gasteiger partial charge on any atom is 0.234 e. The molecule has 2 N–H and O–H groups in total. The largest absolute Gasteiger partial charge is 0.377 e. The Morgan fingerprint density at radius 3 is 2.46 bits per heavy atom. The molecule has 1 rings (SSSR count). The molecule has 0 unspecified atom stereocenters. The Kier molecular flexibility index (Phi) is 3.27. The van der Waals surface area contributed by atoms with Crippen LogP contribution >= 0.6 is 0 Å². The third kappa shape index (κ3) is 4.24. The minimum Gasteiger partial charge on any atom is -0.377 e. The molecule has 1 fully saturated rings. The van der Waals surface area contributed by atoms with E-state index in [1.165, 1.54) is 0 Å². The lowest BCUT2D eigenvalue weighted by Gasteiger charge is -2.27. The van der Waals surface area contributed by atoms with Crippen molar-refractivity contribution in [2.75, 3.05) is 19.8 Å². The summed E-state index contributed by atoms with van der Waals surface area (Å²) in [5, 5.41) is 5.98. The predicted octanol–water partition coefficient (Wildman–Crippen LogP) is -0.110. The van der Waals surface area contributed by atoms with Gasteiger partial charge in [0.1, 0.15) is 0 Å². The van der Waals surface area contributed by atoms with E-state index in [0.29, 0.717) is 19.8 Å². The second kappa shape index (κ2) is 4.07. The Hall–Kier alpha value is -0.610. The van der Waals surface area contributed by atoms with Crippen molar-refractivity contribution >= 4 is 5.91 Å². The average Bonchev–Trinajstić information content (AvgIpc) is 1.91. The van der Waals surface area contributed by atoms with Crippen LogP contribution < -0.4 is 10.6 Å². The summed E-state index contributed by atoms with van der Waals surface area (Å²) in [6.45, 7) is 7.79. The van der Waals surface area contributed by atoms with Gasteiger partial charge < -0.3 is 15.4 Å². The normalized spacial score (nSPS) is 18.1. The molecule has 0 aromatic rings. The summed E-state index contributed by atoms with van der Waals surface area (Å²) in [6, 6.07) is 0.231. The molecule has 0 saturated carbocycles. The van der Waals surface area contributed by atoms with Crippen LogP contribution in [0.4, 0.5) is 0 Å². The number of carbonyl (C=O) groups excluding carboxylic acids is 1. The molecule has 0 aliphatic carbocycles.